The lowest BCUT2D eigenvalue weighted by Gasteiger charge is -2.21. The van der Waals surface area contributed by atoms with Crippen LogP contribution in [0.2, 0.25) is 0 Å². The van der Waals surface area contributed by atoms with Crippen molar-refractivity contribution in [3.63, 3.8) is 0 Å². The zero-order valence-corrected chi connectivity index (χ0v) is 11.2. The van der Waals surface area contributed by atoms with Crippen LogP contribution in [-0.4, -0.2) is 21.9 Å². The summed E-state index contributed by atoms with van der Waals surface area (Å²) in [6, 6.07) is 0.496. The Morgan fingerprint density at radius 2 is 2.12 bits per heavy atom. The largest absolute Gasteiger partial charge is 0.312 e. The zero-order chi connectivity index (χ0) is 12.2. The average molecular weight is 223 g/mol. The van der Waals surface area contributed by atoms with Gasteiger partial charge in [0.1, 0.15) is 0 Å². The zero-order valence-electron chi connectivity index (χ0n) is 11.2. The van der Waals surface area contributed by atoms with E-state index in [1.165, 1.54) is 18.4 Å². The molecule has 1 unspecified atom stereocenters. The van der Waals surface area contributed by atoms with Gasteiger partial charge in [0.05, 0.1) is 6.20 Å². The number of rotatable bonds is 5. The van der Waals surface area contributed by atoms with Gasteiger partial charge in [-0.05, 0) is 59.6 Å². The quantitative estimate of drug-likeness (QED) is 0.778. The Morgan fingerprint density at radius 1 is 1.44 bits per heavy atom. The normalized spacial score (nSPS) is 14.1. The standard InChI is InChI=1S/C13H25N3/c1-11-9-15-16(10-11)12(2)7-6-8-14-13(3,4)5/h9-10,12,14H,6-8H2,1-5H3. The first-order valence-corrected chi connectivity index (χ1v) is 6.14. The van der Waals surface area contributed by atoms with Crippen molar-refractivity contribution in [1.82, 2.24) is 15.1 Å². The first kappa shape index (κ1) is 13.2. The van der Waals surface area contributed by atoms with Crippen LogP contribution in [0.25, 0.3) is 0 Å². The molecule has 1 N–H and O–H groups in total. The van der Waals surface area contributed by atoms with E-state index in [1.54, 1.807) is 0 Å². The van der Waals surface area contributed by atoms with Crippen LogP contribution >= 0.6 is 0 Å². The first-order valence-electron chi connectivity index (χ1n) is 6.14. The Hall–Kier alpha value is -0.830. The fraction of sp³-hybridized carbons (Fsp3) is 0.769. The highest BCUT2D eigenvalue weighted by Crippen LogP contribution is 2.12. The molecule has 1 rings (SSSR count). The summed E-state index contributed by atoms with van der Waals surface area (Å²) >= 11 is 0. The fourth-order valence-corrected chi connectivity index (χ4v) is 1.67. The van der Waals surface area contributed by atoms with E-state index in [-0.39, 0.29) is 5.54 Å². The molecule has 0 aliphatic carbocycles. The molecule has 0 aliphatic heterocycles. The van der Waals surface area contributed by atoms with Gasteiger partial charge in [-0.3, -0.25) is 4.68 Å². The minimum atomic E-state index is 0.228. The van der Waals surface area contributed by atoms with Gasteiger partial charge in [0.2, 0.25) is 0 Å². The van der Waals surface area contributed by atoms with E-state index in [2.05, 4.69) is 55.9 Å². The highest BCUT2D eigenvalue weighted by molar-refractivity contribution is 5.00. The Labute approximate surface area is 99.2 Å². The monoisotopic (exact) mass is 223 g/mol. The van der Waals surface area contributed by atoms with Gasteiger partial charge in [-0.15, -0.1) is 0 Å². The molecular weight excluding hydrogens is 198 g/mol. The highest BCUT2D eigenvalue weighted by atomic mass is 15.3. The Kier molecular flexibility index (Phi) is 4.54. The Bertz CT molecular complexity index is 309. The number of aromatic nitrogens is 2. The molecule has 0 saturated heterocycles. The molecule has 0 fully saturated rings. The second-order valence-corrected chi connectivity index (χ2v) is 5.67. The topological polar surface area (TPSA) is 29.9 Å². The van der Waals surface area contributed by atoms with Crippen molar-refractivity contribution in [2.24, 2.45) is 0 Å². The van der Waals surface area contributed by atoms with Gasteiger partial charge < -0.3 is 5.32 Å². The van der Waals surface area contributed by atoms with Crippen LogP contribution in [0.5, 0.6) is 0 Å². The molecule has 1 aromatic rings. The lowest BCUT2D eigenvalue weighted by Crippen LogP contribution is -2.36. The van der Waals surface area contributed by atoms with E-state index in [0.29, 0.717) is 6.04 Å². The first-order chi connectivity index (χ1) is 7.38. The van der Waals surface area contributed by atoms with Gasteiger partial charge in [0.15, 0.2) is 0 Å². The molecule has 0 bridgehead atoms. The summed E-state index contributed by atoms with van der Waals surface area (Å²) in [4.78, 5) is 0. The van der Waals surface area contributed by atoms with E-state index < -0.39 is 0 Å². The van der Waals surface area contributed by atoms with E-state index in [0.717, 1.165) is 6.54 Å². The van der Waals surface area contributed by atoms with Crippen molar-refractivity contribution in [1.29, 1.82) is 0 Å². The minimum Gasteiger partial charge on any atom is -0.312 e. The van der Waals surface area contributed by atoms with Crippen LogP contribution in [0.4, 0.5) is 0 Å². The third kappa shape index (κ3) is 4.79. The summed E-state index contributed by atoms with van der Waals surface area (Å²) < 4.78 is 2.06. The highest BCUT2D eigenvalue weighted by Gasteiger charge is 2.09. The summed E-state index contributed by atoms with van der Waals surface area (Å²) in [5.41, 5.74) is 1.46. The summed E-state index contributed by atoms with van der Waals surface area (Å²) in [7, 11) is 0. The minimum absolute atomic E-state index is 0.228. The molecule has 0 amide bonds. The molecule has 1 aromatic heterocycles. The Morgan fingerprint density at radius 3 is 2.62 bits per heavy atom. The molecule has 0 aromatic carbocycles. The second-order valence-electron chi connectivity index (χ2n) is 5.67. The second kappa shape index (κ2) is 5.48. The van der Waals surface area contributed by atoms with E-state index in [9.17, 15) is 0 Å². The summed E-state index contributed by atoms with van der Waals surface area (Å²) in [5.74, 6) is 0. The third-order valence-electron chi connectivity index (χ3n) is 2.64. The molecule has 3 heteroatoms. The van der Waals surface area contributed by atoms with Gasteiger partial charge in [-0.25, -0.2) is 0 Å². The molecule has 92 valence electrons. The molecule has 0 radical (unpaired) electrons. The van der Waals surface area contributed by atoms with Gasteiger partial charge in [-0.1, -0.05) is 0 Å². The maximum Gasteiger partial charge on any atom is 0.0519 e. The van der Waals surface area contributed by atoms with Crippen LogP contribution in [0, 0.1) is 6.92 Å². The van der Waals surface area contributed by atoms with Crippen molar-refractivity contribution in [3.8, 4) is 0 Å². The van der Waals surface area contributed by atoms with Crippen molar-refractivity contribution in [2.75, 3.05) is 6.54 Å². The van der Waals surface area contributed by atoms with Gasteiger partial charge in [-0.2, -0.15) is 5.10 Å². The number of nitrogens with zero attached hydrogens (tertiary/aromatic N) is 2. The molecule has 0 aliphatic rings. The number of hydrogen-bond acceptors (Lipinski definition) is 2. The maximum absolute atomic E-state index is 4.34. The average Bonchev–Trinajstić information content (AvgIpc) is 2.57. The number of aryl methyl sites for hydroxylation is 1. The summed E-state index contributed by atoms with van der Waals surface area (Å²) in [6.45, 7) is 12.0. The van der Waals surface area contributed by atoms with Crippen molar-refractivity contribution < 1.29 is 0 Å². The van der Waals surface area contributed by atoms with Crippen LogP contribution in [-0.2, 0) is 0 Å². The van der Waals surface area contributed by atoms with Gasteiger partial charge in [0.25, 0.3) is 0 Å². The molecule has 0 spiro atoms. The van der Waals surface area contributed by atoms with Gasteiger partial charge in [0, 0.05) is 17.8 Å². The molecule has 1 heterocycles. The van der Waals surface area contributed by atoms with Crippen LogP contribution in [0.3, 0.4) is 0 Å². The van der Waals surface area contributed by atoms with Crippen molar-refractivity contribution in [3.05, 3.63) is 18.0 Å². The van der Waals surface area contributed by atoms with Crippen LogP contribution in [0.1, 0.15) is 52.1 Å². The molecule has 0 saturated carbocycles. The van der Waals surface area contributed by atoms with Crippen molar-refractivity contribution in [2.45, 2.75) is 59.0 Å². The molecular formula is C13H25N3. The predicted molar refractivity (Wildman–Crippen MR) is 68.7 cm³/mol. The molecule has 16 heavy (non-hydrogen) atoms. The third-order valence-corrected chi connectivity index (χ3v) is 2.64. The van der Waals surface area contributed by atoms with Crippen LogP contribution < -0.4 is 5.32 Å². The maximum atomic E-state index is 4.34. The SMILES string of the molecule is Cc1cnn(C(C)CCCNC(C)(C)C)c1. The number of nitrogens with one attached hydrogen (secondary N) is 1. The smallest absolute Gasteiger partial charge is 0.0519 e. The fourth-order valence-electron chi connectivity index (χ4n) is 1.67. The van der Waals surface area contributed by atoms with E-state index in [1.807, 2.05) is 6.20 Å². The molecule has 3 nitrogen and oxygen atoms in total. The number of hydrogen-bond donors (Lipinski definition) is 1. The summed E-state index contributed by atoms with van der Waals surface area (Å²) in [6.07, 6.45) is 6.40. The summed E-state index contributed by atoms with van der Waals surface area (Å²) in [5, 5.41) is 7.84. The van der Waals surface area contributed by atoms with Crippen LogP contribution in [0.15, 0.2) is 12.4 Å². The van der Waals surface area contributed by atoms with E-state index >= 15 is 0 Å². The van der Waals surface area contributed by atoms with E-state index in [4.69, 9.17) is 0 Å². The lowest BCUT2D eigenvalue weighted by molar-refractivity contribution is 0.390. The predicted octanol–water partition coefficient (Wildman–Crippen LogP) is 2.92. The molecule has 1 atom stereocenters. The van der Waals surface area contributed by atoms with Crippen molar-refractivity contribution >= 4 is 0 Å². The van der Waals surface area contributed by atoms with Gasteiger partial charge >= 0.3 is 0 Å². The Balaban J connectivity index is 2.23. The lowest BCUT2D eigenvalue weighted by atomic mass is 10.1.